The van der Waals surface area contributed by atoms with E-state index in [-0.39, 0.29) is 5.56 Å². The number of aromatic carboxylic acids is 1. The lowest BCUT2D eigenvalue weighted by Crippen LogP contribution is -2.24. The molecule has 0 aliphatic carbocycles. The van der Waals surface area contributed by atoms with E-state index in [9.17, 15) is 9.90 Å². The standard InChI is InChI=1S/C15H17N3O2S/c1-3-16-13-12(14(19)20)8-17-15(18-13)21-9-11-6-4-10(2)5-7-11/h4-8H,3,9H2,1-2H3,(H,19,20)(H,16,17,18)/p-1. The van der Waals surface area contributed by atoms with Crippen molar-refractivity contribution in [1.29, 1.82) is 0 Å². The second-order valence-electron chi connectivity index (χ2n) is 4.51. The molecule has 1 aromatic carbocycles. The fourth-order valence-electron chi connectivity index (χ4n) is 1.72. The molecule has 0 amide bonds. The Labute approximate surface area is 127 Å². The molecule has 0 aliphatic rings. The van der Waals surface area contributed by atoms with Crippen molar-refractivity contribution in [2.24, 2.45) is 0 Å². The molecule has 0 bridgehead atoms. The predicted molar refractivity (Wildman–Crippen MR) is 81.3 cm³/mol. The fraction of sp³-hybridized carbons (Fsp3) is 0.267. The maximum Gasteiger partial charge on any atom is 0.189 e. The van der Waals surface area contributed by atoms with Gasteiger partial charge >= 0.3 is 0 Å². The van der Waals surface area contributed by atoms with Crippen LogP contribution < -0.4 is 10.4 Å². The molecule has 5 nitrogen and oxygen atoms in total. The van der Waals surface area contributed by atoms with E-state index in [1.807, 2.05) is 13.8 Å². The van der Waals surface area contributed by atoms with Gasteiger partial charge in [-0.1, -0.05) is 41.6 Å². The predicted octanol–water partition coefficient (Wildman–Crippen LogP) is 1.87. The van der Waals surface area contributed by atoms with Crippen molar-refractivity contribution >= 4 is 23.5 Å². The molecule has 0 saturated carbocycles. The normalized spacial score (nSPS) is 10.4. The third-order valence-corrected chi connectivity index (χ3v) is 3.75. The van der Waals surface area contributed by atoms with Crippen LogP contribution >= 0.6 is 11.8 Å². The first-order chi connectivity index (χ1) is 10.1. The SMILES string of the molecule is CCNc1nc(SCc2ccc(C)cc2)ncc1C(=O)[O-]. The number of nitrogens with one attached hydrogen (secondary N) is 1. The summed E-state index contributed by atoms with van der Waals surface area (Å²) < 4.78 is 0. The number of aryl methyl sites for hydroxylation is 1. The largest absolute Gasteiger partial charge is 0.545 e. The van der Waals surface area contributed by atoms with Gasteiger partial charge in [-0.05, 0) is 19.4 Å². The Morgan fingerprint density at radius 2 is 2.05 bits per heavy atom. The molecule has 1 heterocycles. The minimum absolute atomic E-state index is 0.0171. The van der Waals surface area contributed by atoms with Gasteiger partial charge in [0.05, 0.1) is 11.5 Å². The maximum atomic E-state index is 11.0. The number of nitrogens with zero attached hydrogens (tertiary/aromatic N) is 2. The molecule has 0 radical (unpaired) electrons. The summed E-state index contributed by atoms with van der Waals surface area (Å²) in [5.74, 6) is -0.240. The second-order valence-corrected chi connectivity index (χ2v) is 5.45. The molecule has 2 rings (SSSR count). The van der Waals surface area contributed by atoms with Crippen LogP contribution in [0.4, 0.5) is 5.82 Å². The Hall–Kier alpha value is -2.08. The summed E-state index contributed by atoms with van der Waals surface area (Å²) in [6.07, 6.45) is 1.29. The molecule has 0 spiro atoms. The number of hydrogen-bond acceptors (Lipinski definition) is 6. The monoisotopic (exact) mass is 302 g/mol. The lowest BCUT2D eigenvalue weighted by Gasteiger charge is -2.11. The van der Waals surface area contributed by atoms with E-state index in [1.165, 1.54) is 29.1 Å². The van der Waals surface area contributed by atoms with Crippen molar-refractivity contribution in [2.75, 3.05) is 11.9 Å². The van der Waals surface area contributed by atoms with Gasteiger partial charge in [-0.15, -0.1) is 0 Å². The van der Waals surface area contributed by atoms with Crippen LogP contribution in [0.3, 0.4) is 0 Å². The number of carbonyl (C=O) groups excluding carboxylic acids is 1. The third kappa shape index (κ3) is 4.19. The summed E-state index contributed by atoms with van der Waals surface area (Å²) in [5, 5.41) is 14.4. The number of aromatic nitrogens is 2. The number of benzene rings is 1. The summed E-state index contributed by atoms with van der Waals surface area (Å²) in [5.41, 5.74) is 2.37. The number of rotatable bonds is 6. The summed E-state index contributed by atoms with van der Waals surface area (Å²) in [4.78, 5) is 19.3. The summed E-state index contributed by atoms with van der Waals surface area (Å²) in [7, 11) is 0. The van der Waals surface area contributed by atoms with E-state index < -0.39 is 5.97 Å². The van der Waals surface area contributed by atoms with Crippen LogP contribution in [0.5, 0.6) is 0 Å². The minimum atomic E-state index is -1.28. The molecule has 1 N–H and O–H groups in total. The van der Waals surface area contributed by atoms with Gasteiger partial charge in [-0.25, -0.2) is 9.97 Å². The van der Waals surface area contributed by atoms with E-state index >= 15 is 0 Å². The first-order valence-electron chi connectivity index (χ1n) is 6.60. The Kier molecular flexibility index (Phi) is 5.16. The molecule has 0 saturated heterocycles. The summed E-state index contributed by atoms with van der Waals surface area (Å²) in [6.45, 7) is 4.50. The van der Waals surface area contributed by atoms with Gasteiger partial charge in [0.15, 0.2) is 5.16 Å². The van der Waals surface area contributed by atoms with Crippen molar-refractivity contribution < 1.29 is 9.90 Å². The number of carboxylic acid groups (broad SMARTS) is 1. The van der Waals surface area contributed by atoms with Gasteiger partial charge in [0.25, 0.3) is 0 Å². The van der Waals surface area contributed by atoms with Crippen LogP contribution in [0.1, 0.15) is 28.4 Å². The quantitative estimate of drug-likeness (QED) is 0.648. The zero-order chi connectivity index (χ0) is 15.2. The average Bonchev–Trinajstić information content (AvgIpc) is 2.47. The van der Waals surface area contributed by atoms with Crippen molar-refractivity contribution in [3.8, 4) is 0 Å². The highest BCUT2D eigenvalue weighted by molar-refractivity contribution is 7.98. The van der Waals surface area contributed by atoms with Crippen LogP contribution in [0.15, 0.2) is 35.6 Å². The molecule has 2 aromatic rings. The number of carboxylic acids is 1. The van der Waals surface area contributed by atoms with Crippen molar-refractivity contribution in [1.82, 2.24) is 9.97 Å². The highest BCUT2D eigenvalue weighted by Crippen LogP contribution is 2.22. The Morgan fingerprint density at radius 1 is 1.33 bits per heavy atom. The summed E-state index contributed by atoms with van der Waals surface area (Å²) in [6, 6.07) is 8.23. The number of carbonyl (C=O) groups is 1. The van der Waals surface area contributed by atoms with E-state index in [0.29, 0.717) is 17.5 Å². The fourth-order valence-corrected chi connectivity index (χ4v) is 2.49. The van der Waals surface area contributed by atoms with Gasteiger partial charge < -0.3 is 15.2 Å². The van der Waals surface area contributed by atoms with Gasteiger partial charge in [0.2, 0.25) is 0 Å². The molecule has 1 aromatic heterocycles. The lowest BCUT2D eigenvalue weighted by molar-refractivity contribution is -0.255. The van der Waals surface area contributed by atoms with E-state index in [2.05, 4.69) is 39.6 Å². The zero-order valence-electron chi connectivity index (χ0n) is 11.9. The Balaban J connectivity index is 2.11. The number of thioether (sulfide) groups is 1. The van der Waals surface area contributed by atoms with E-state index in [4.69, 9.17) is 0 Å². The lowest BCUT2D eigenvalue weighted by atomic mass is 10.2. The van der Waals surface area contributed by atoms with Gasteiger partial charge in [0.1, 0.15) is 5.82 Å². The van der Waals surface area contributed by atoms with Gasteiger partial charge in [0, 0.05) is 18.5 Å². The van der Waals surface area contributed by atoms with Gasteiger partial charge in [-0.2, -0.15) is 0 Å². The smallest absolute Gasteiger partial charge is 0.189 e. The first-order valence-corrected chi connectivity index (χ1v) is 7.59. The topological polar surface area (TPSA) is 77.9 Å². The molecule has 110 valence electrons. The number of hydrogen-bond donors (Lipinski definition) is 1. The first kappa shape index (κ1) is 15.3. The highest BCUT2D eigenvalue weighted by Gasteiger charge is 2.08. The Morgan fingerprint density at radius 3 is 2.67 bits per heavy atom. The van der Waals surface area contributed by atoms with Gasteiger partial charge in [-0.3, -0.25) is 0 Å². The highest BCUT2D eigenvalue weighted by atomic mass is 32.2. The molecule has 0 atom stereocenters. The minimum Gasteiger partial charge on any atom is -0.545 e. The van der Waals surface area contributed by atoms with E-state index in [1.54, 1.807) is 0 Å². The average molecular weight is 302 g/mol. The van der Waals surface area contributed by atoms with Crippen molar-refractivity contribution in [3.05, 3.63) is 47.2 Å². The molecule has 0 aliphatic heterocycles. The van der Waals surface area contributed by atoms with Crippen LogP contribution in [0.25, 0.3) is 0 Å². The third-order valence-electron chi connectivity index (χ3n) is 2.82. The van der Waals surface area contributed by atoms with Crippen LogP contribution in [-0.4, -0.2) is 22.5 Å². The summed E-state index contributed by atoms with van der Waals surface area (Å²) >= 11 is 1.46. The van der Waals surface area contributed by atoms with Crippen LogP contribution in [0.2, 0.25) is 0 Å². The number of anilines is 1. The zero-order valence-corrected chi connectivity index (χ0v) is 12.7. The second kappa shape index (κ2) is 7.08. The van der Waals surface area contributed by atoms with E-state index in [0.717, 1.165) is 5.75 Å². The molecule has 0 fully saturated rings. The maximum absolute atomic E-state index is 11.0. The Bertz CT molecular complexity index is 629. The molecular weight excluding hydrogens is 286 g/mol. The molecule has 6 heteroatoms. The molecule has 21 heavy (non-hydrogen) atoms. The van der Waals surface area contributed by atoms with Crippen LogP contribution in [-0.2, 0) is 5.75 Å². The van der Waals surface area contributed by atoms with Crippen LogP contribution in [0, 0.1) is 6.92 Å². The molecule has 0 unspecified atom stereocenters. The molecular formula is C15H16N3O2S-. The van der Waals surface area contributed by atoms with Crippen molar-refractivity contribution in [2.45, 2.75) is 24.8 Å². The van der Waals surface area contributed by atoms with Crippen molar-refractivity contribution in [3.63, 3.8) is 0 Å².